The first kappa shape index (κ1) is 12.7. The van der Waals surface area contributed by atoms with Crippen molar-refractivity contribution in [3.63, 3.8) is 0 Å². The Morgan fingerprint density at radius 3 is 2.39 bits per heavy atom. The highest BCUT2D eigenvalue weighted by Gasteiger charge is 2.30. The Hall–Kier alpha value is -1.71. The van der Waals surface area contributed by atoms with Gasteiger partial charge in [-0.2, -0.15) is 13.2 Å². The smallest absolute Gasteiger partial charge is 0.344 e. The van der Waals surface area contributed by atoms with Gasteiger partial charge in [0.1, 0.15) is 0 Å². The van der Waals surface area contributed by atoms with E-state index in [0.29, 0.717) is 5.52 Å². The average molecular weight is 253 g/mol. The third-order valence-electron chi connectivity index (χ3n) is 2.85. The molecule has 1 heterocycles. The highest BCUT2D eigenvalue weighted by molar-refractivity contribution is 5.84. The Balaban J connectivity index is 2.64. The second kappa shape index (κ2) is 4.19. The number of halogens is 3. The third kappa shape index (κ3) is 2.28. The van der Waals surface area contributed by atoms with Crippen LogP contribution in [0.25, 0.3) is 17.0 Å². The van der Waals surface area contributed by atoms with E-state index < -0.39 is 11.7 Å². The Labute approximate surface area is 104 Å². The summed E-state index contributed by atoms with van der Waals surface area (Å²) >= 11 is 0. The molecule has 0 bridgehead atoms. The molecule has 0 fully saturated rings. The van der Waals surface area contributed by atoms with E-state index in [2.05, 4.69) is 0 Å². The zero-order chi connectivity index (χ0) is 13.5. The van der Waals surface area contributed by atoms with Crippen molar-refractivity contribution < 1.29 is 13.2 Å². The topological polar surface area (TPSA) is 4.93 Å². The molecule has 1 aromatic carbocycles. The van der Waals surface area contributed by atoms with Gasteiger partial charge in [0.25, 0.3) is 0 Å². The average Bonchev–Trinajstić information content (AvgIpc) is 2.53. The minimum Gasteiger partial charge on any atom is -0.344 e. The molecule has 0 amide bonds. The van der Waals surface area contributed by atoms with Crippen LogP contribution >= 0.6 is 0 Å². The maximum absolute atomic E-state index is 12.6. The van der Waals surface area contributed by atoms with Crippen LogP contribution in [-0.4, -0.2) is 4.57 Å². The van der Waals surface area contributed by atoms with Gasteiger partial charge in [-0.3, -0.25) is 0 Å². The lowest BCUT2D eigenvalue weighted by Crippen LogP contribution is -2.04. The summed E-state index contributed by atoms with van der Waals surface area (Å²) in [5.41, 5.74) is 2.00. The van der Waals surface area contributed by atoms with Crippen LogP contribution in [0.5, 0.6) is 0 Å². The molecule has 0 saturated heterocycles. The highest BCUT2D eigenvalue weighted by atomic mass is 19.4. The molecule has 0 N–H and O–H groups in total. The monoisotopic (exact) mass is 253 g/mol. The fourth-order valence-electron chi connectivity index (χ4n) is 1.96. The van der Waals surface area contributed by atoms with Crippen molar-refractivity contribution in [3.05, 3.63) is 41.1 Å². The molecule has 2 aromatic rings. The number of hydrogen-bond donors (Lipinski definition) is 0. The van der Waals surface area contributed by atoms with Crippen molar-refractivity contribution in [1.82, 2.24) is 4.57 Å². The van der Waals surface area contributed by atoms with E-state index in [4.69, 9.17) is 0 Å². The molecular formula is C14H14F3N. The molecule has 0 spiro atoms. The number of nitrogens with zero attached hydrogens (tertiary/aromatic N) is 1. The Morgan fingerprint density at radius 2 is 1.83 bits per heavy atom. The minimum atomic E-state index is -4.30. The molecule has 0 aliphatic rings. The Bertz CT molecular complexity index is 614. The lowest BCUT2D eigenvalue weighted by molar-refractivity contribution is -0.137. The van der Waals surface area contributed by atoms with Crippen LogP contribution in [-0.2, 0) is 13.2 Å². The molecule has 0 atom stereocenters. The van der Waals surface area contributed by atoms with Gasteiger partial charge in [0, 0.05) is 23.6 Å². The number of benzene rings is 1. The quantitative estimate of drug-likeness (QED) is 0.698. The molecule has 96 valence electrons. The summed E-state index contributed by atoms with van der Waals surface area (Å²) in [6.45, 7) is 3.91. The summed E-state index contributed by atoms with van der Waals surface area (Å²) in [4.78, 5) is 0. The molecule has 0 aliphatic heterocycles. The van der Waals surface area contributed by atoms with E-state index in [1.807, 2.05) is 26.0 Å². The van der Waals surface area contributed by atoms with Crippen LogP contribution in [0.3, 0.4) is 0 Å². The molecular weight excluding hydrogens is 239 g/mol. The van der Waals surface area contributed by atoms with Gasteiger partial charge in [-0.05, 0) is 38.1 Å². The van der Waals surface area contributed by atoms with Gasteiger partial charge >= 0.3 is 6.18 Å². The third-order valence-corrected chi connectivity index (χ3v) is 2.85. The van der Waals surface area contributed by atoms with Gasteiger partial charge in [0.05, 0.1) is 5.56 Å². The molecule has 1 nitrogen and oxygen atoms in total. The maximum atomic E-state index is 12.6. The van der Waals surface area contributed by atoms with Crippen molar-refractivity contribution in [2.75, 3.05) is 0 Å². The predicted octanol–water partition coefficient (Wildman–Crippen LogP) is 4.62. The first-order chi connectivity index (χ1) is 8.29. The zero-order valence-electron chi connectivity index (χ0n) is 10.5. The molecule has 2 rings (SSSR count). The van der Waals surface area contributed by atoms with Crippen LogP contribution in [0, 0.1) is 0 Å². The number of rotatable bonds is 1. The second-order valence-electron chi connectivity index (χ2n) is 4.62. The number of fused-ring (bicyclic) bond motifs is 1. The van der Waals surface area contributed by atoms with Crippen molar-refractivity contribution in [3.8, 4) is 0 Å². The fourth-order valence-corrected chi connectivity index (χ4v) is 1.96. The van der Waals surface area contributed by atoms with E-state index in [9.17, 15) is 13.2 Å². The predicted molar refractivity (Wildman–Crippen MR) is 67.2 cm³/mol. The van der Waals surface area contributed by atoms with Crippen molar-refractivity contribution in [1.29, 1.82) is 0 Å². The molecule has 0 aliphatic carbocycles. The Morgan fingerprint density at radius 1 is 1.17 bits per heavy atom. The largest absolute Gasteiger partial charge is 0.416 e. The summed E-state index contributed by atoms with van der Waals surface area (Å²) < 4.78 is 39.7. The van der Waals surface area contributed by atoms with Gasteiger partial charge < -0.3 is 4.57 Å². The summed E-state index contributed by atoms with van der Waals surface area (Å²) in [6.07, 6.45) is -2.34. The number of hydrogen-bond acceptors (Lipinski definition) is 0. The van der Waals surface area contributed by atoms with Gasteiger partial charge in [-0.15, -0.1) is 0 Å². The van der Waals surface area contributed by atoms with E-state index in [0.717, 1.165) is 22.7 Å². The maximum Gasteiger partial charge on any atom is 0.416 e. The standard InChI is InChI=1S/C14H14F3N/c1-9(2)6-12-7-10-4-5-11(14(15,16)17)8-13(10)18(12)3/h4-8H,1-3H3. The van der Waals surface area contributed by atoms with Crippen LogP contribution in [0.2, 0.25) is 0 Å². The summed E-state index contributed by atoms with van der Waals surface area (Å²) in [5, 5.41) is 0.818. The lowest BCUT2D eigenvalue weighted by Gasteiger charge is -2.07. The molecule has 0 saturated carbocycles. The van der Waals surface area contributed by atoms with E-state index in [1.54, 1.807) is 11.6 Å². The second-order valence-corrected chi connectivity index (χ2v) is 4.62. The van der Waals surface area contributed by atoms with Crippen LogP contribution in [0.1, 0.15) is 25.1 Å². The zero-order valence-corrected chi connectivity index (χ0v) is 10.5. The van der Waals surface area contributed by atoms with E-state index in [-0.39, 0.29) is 0 Å². The first-order valence-electron chi connectivity index (χ1n) is 5.60. The molecule has 1 aromatic heterocycles. The van der Waals surface area contributed by atoms with E-state index in [1.165, 1.54) is 12.1 Å². The molecule has 18 heavy (non-hydrogen) atoms. The van der Waals surface area contributed by atoms with Crippen molar-refractivity contribution in [2.24, 2.45) is 7.05 Å². The normalized spacial score (nSPS) is 11.9. The molecule has 0 unspecified atom stereocenters. The summed E-state index contributed by atoms with van der Waals surface area (Å²) in [5.74, 6) is 0. The van der Waals surface area contributed by atoms with Gasteiger partial charge in [-0.1, -0.05) is 11.6 Å². The number of allylic oxidation sites excluding steroid dienone is 1. The van der Waals surface area contributed by atoms with Crippen LogP contribution < -0.4 is 0 Å². The lowest BCUT2D eigenvalue weighted by atomic mass is 10.1. The first-order valence-corrected chi connectivity index (χ1v) is 5.60. The van der Waals surface area contributed by atoms with Crippen molar-refractivity contribution >= 4 is 17.0 Å². The van der Waals surface area contributed by atoms with Crippen molar-refractivity contribution in [2.45, 2.75) is 20.0 Å². The van der Waals surface area contributed by atoms with Gasteiger partial charge in [-0.25, -0.2) is 0 Å². The molecule has 4 heteroatoms. The highest BCUT2D eigenvalue weighted by Crippen LogP contribution is 2.32. The minimum absolute atomic E-state index is 0.595. The van der Waals surface area contributed by atoms with Gasteiger partial charge in [0.2, 0.25) is 0 Å². The molecule has 0 radical (unpaired) electrons. The number of aromatic nitrogens is 1. The SMILES string of the molecule is CC(C)=Cc1cc2ccc(C(F)(F)F)cc2n1C. The van der Waals surface area contributed by atoms with Crippen LogP contribution in [0.4, 0.5) is 13.2 Å². The summed E-state index contributed by atoms with van der Waals surface area (Å²) in [6, 6.07) is 5.72. The summed E-state index contributed by atoms with van der Waals surface area (Å²) in [7, 11) is 1.78. The van der Waals surface area contributed by atoms with E-state index >= 15 is 0 Å². The Kier molecular flexibility index (Phi) is 2.97. The number of alkyl halides is 3. The number of aryl methyl sites for hydroxylation is 1. The van der Waals surface area contributed by atoms with Gasteiger partial charge in [0.15, 0.2) is 0 Å². The fraction of sp³-hybridized carbons (Fsp3) is 0.286. The van der Waals surface area contributed by atoms with Crippen LogP contribution in [0.15, 0.2) is 29.8 Å².